The third kappa shape index (κ3) is 3.95. The maximum atomic E-state index is 13.5. The number of benzene rings is 7. The highest BCUT2D eigenvalue weighted by Gasteiger charge is 2.15. The molecule has 4 heteroatoms. The first-order valence-electron chi connectivity index (χ1n) is 15.7. The lowest BCUT2D eigenvalue weighted by atomic mass is 9.96. The van der Waals surface area contributed by atoms with Crippen molar-refractivity contribution in [2.24, 2.45) is 0 Å². The van der Waals surface area contributed by atoms with Crippen LogP contribution in [0.1, 0.15) is 0 Å². The molecule has 10 aromatic rings. The Labute approximate surface area is 273 Å². The van der Waals surface area contributed by atoms with E-state index in [4.69, 9.17) is 4.42 Å². The zero-order valence-electron chi connectivity index (χ0n) is 25.1. The summed E-state index contributed by atoms with van der Waals surface area (Å²) in [6.45, 7) is 0. The Bertz CT molecular complexity index is 2870. The first kappa shape index (κ1) is 26.3. The van der Waals surface area contributed by atoms with E-state index < -0.39 is 0 Å². The molecule has 0 aliphatic heterocycles. The molecule has 3 nitrogen and oxygen atoms in total. The molecule has 0 N–H and O–H groups in total. The minimum Gasteiger partial charge on any atom is -0.422 e. The minimum absolute atomic E-state index is 0.324. The van der Waals surface area contributed by atoms with Crippen LogP contribution in [-0.4, -0.2) is 4.57 Å². The summed E-state index contributed by atoms with van der Waals surface area (Å²) in [5.74, 6) is 0. The Kier molecular flexibility index (Phi) is 5.60. The Morgan fingerprint density at radius 3 is 1.89 bits per heavy atom. The molecule has 7 aromatic carbocycles. The molecule has 0 atom stereocenters. The predicted molar refractivity (Wildman–Crippen MR) is 198 cm³/mol. The fourth-order valence-corrected chi connectivity index (χ4v) is 8.43. The summed E-state index contributed by atoms with van der Waals surface area (Å²) in [7, 11) is 0. The van der Waals surface area contributed by atoms with Crippen molar-refractivity contribution in [2.75, 3.05) is 0 Å². The Morgan fingerprint density at radius 1 is 0.468 bits per heavy atom. The van der Waals surface area contributed by atoms with Gasteiger partial charge in [0.15, 0.2) is 0 Å². The summed E-state index contributed by atoms with van der Waals surface area (Å²) in [6, 6.07) is 52.9. The van der Waals surface area contributed by atoms with E-state index in [0.29, 0.717) is 11.0 Å². The number of nitrogens with zero attached hydrogens (tertiary/aromatic N) is 1. The van der Waals surface area contributed by atoms with Crippen LogP contribution in [0.25, 0.3) is 91.7 Å². The van der Waals surface area contributed by atoms with E-state index >= 15 is 0 Å². The van der Waals surface area contributed by atoms with Crippen molar-refractivity contribution in [3.8, 4) is 27.9 Å². The van der Waals surface area contributed by atoms with Crippen LogP contribution >= 0.6 is 11.3 Å². The van der Waals surface area contributed by atoms with Crippen LogP contribution < -0.4 is 5.63 Å². The van der Waals surface area contributed by atoms with Gasteiger partial charge >= 0.3 is 5.63 Å². The van der Waals surface area contributed by atoms with Gasteiger partial charge in [0.25, 0.3) is 0 Å². The number of rotatable bonds is 3. The lowest BCUT2D eigenvalue weighted by molar-refractivity contribution is 0.570. The molecule has 0 unspecified atom stereocenters. The van der Waals surface area contributed by atoms with Crippen molar-refractivity contribution in [3.63, 3.8) is 0 Å². The molecule has 3 heterocycles. The highest BCUT2D eigenvalue weighted by atomic mass is 32.1. The minimum atomic E-state index is -0.324. The lowest BCUT2D eigenvalue weighted by Crippen LogP contribution is -2.00. The molecule has 0 amide bonds. The maximum absolute atomic E-state index is 13.5. The smallest absolute Gasteiger partial charge is 0.344 e. The molecule has 10 rings (SSSR count). The van der Waals surface area contributed by atoms with E-state index in [1.54, 1.807) is 11.3 Å². The normalized spacial score (nSPS) is 11.9. The molecule has 0 radical (unpaired) electrons. The highest BCUT2D eigenvalue weighted by molar-refractivity contribution is 7.25. The van der Waals surface area contributed by atoms with Crippen LogP contribution in [0.4, 0.5) is 0 Å². The summed E-state index contributed by atoms with van der Waals surface area (Å²) in [5.41, 5.74) is 7.94. The number of para-hydroxylation sites is 2. The van der Waals surface area contributed by atoms with Crippen LogP contribution in [0.15, 0.2) is 161 Å². The Hall–Kier alpha value is -5.97. The van der Waals surface area contributed by atoms with E-state index in [-0.39, 0.29) is 5.63 Å². The van der Waals surface area contributed by atoms with Crippen molar-refractivity contribution in [1.82, 2.24) is 4.57 Å². The summed E-state index contributed by atoms with van der Waals surface area (Å²) in [6.07, 6.45) is 0. The lowest BCUT2D eigenvalue weighted by Gasteiger charge is -2.11. The second-order valence-electron chi connectivity index (χ2n) is 12.1. The second-order valence-corrected chi connectivity index (χ2v) is 13.1. The molecule has 0 saturated carbocycles. The Balaban J connectivity index is 1.06. The first-order chi connectivity index (χ1) is 23.2. The highest BCUT2D eigenvalue weighted by Crippen LogP contribution is 2.41. The van der Waals surface area contributed by atoms with Crippen LogP contribution in [0.2, 0.25) is 0 Å². The van der Waals surface area contributed by atoms with Crippen molar-refractivity contribution in [2.45, 2.75) is 0 Å². The average Bonchev–Trinajstić information content (AvgIpc) is 3.67. The van der Waals surface area contributed by atoms with E-state index in [0.717, 1.165) is 38.7 Å². The first-order valence-corrected chi connectivity index (χ1v) is 16.5. The molecule has 0 spiro atoms. The van der Waals surface area contributed by atoms with Crippen molar-refractivity contribution in [3.05, 3.63) is 162 Å². The SMILES string of the molecule is O=c1oc2cc(-c3ccc(-n4c5ccccc5c5ccccc54)cc3)ccc2c2ccc(-c3cccc4sc5ccccc5c34)cc12. The number of aromatic nitrogens is 1. The number of thiophene rings is 1. The predicted octanol–water partition coefficient (Wildman–Crippen LogP) is 11.7. The molecule has 0 aliphatic carbocycles. The van der Waals surface area contributed by atoms with E-state index in [2.05, 4.69) is 144 Å². The third-order valence-corrected chi connectivity index (χ3v) is 10.6. The summed E-state index contributed by atoms with van der Waals surface area (Å²) in [4.78, 5) is 13.5. The largest absolute Gasteiger partial charge is 0.422 e. The molecular weight excluding hydrogens is 595 g/mol. The molecule has 0 bridgehead atoms. The number of fused-ring (bicyclic) bond motifs is 9. The van der Waals surface area contributed by atoms with Crippen LogP contribution in [-0.2, 0) is 0 Å². The van der Waals surface area contributed by atoms with Crippen LogP contribution in [0.3, 0.4) is 0 Å². The fourth-order valence-electron chi connectivity index (χ4n) is 7.30. The molecular formula is C43H25NO2S. The molecule has 0 saturated heterocycles. The molecule has 0 aliphatic rings. The van der Waals surface area contributed by atoms with Gasteiger partial charge in [-0.15, -0.1) is 11.3 Å². The molecule has 47 heavy (non-hydrogen) atoms. The van der Waals surface area contributed by atoms with Crippen molar-refractivity contribution >= 4 is 75.1 Å². The second kappa shape index (κ2) is 10.0. The van der Waals surface area contributed by atoms with Crippen molar-refractivity contribution < 1.29 is 4.42 Å². The summed E-state index contributed by atoms with van der Waals surface area (Å²) < 4.78 is 10.8. The standard InChI is InChI=1S/C43H25NO2S/c45-43-36-24-28(30-11-7-15-41-42(30)35-10-3-6-14-40(35)47-41)19-22-31(36)34-23-18-27(25-39(34)46-43)26-16-20-29(21-17-26)44-37-12-4-1-8-32(37)33-9-2-5-13-38(33)44/h1-25H. The third-order valence-electron chi connectivity index (χ3n) is 9.47. The topological polar surface area (TPSA) is 35.1 Å². The zero-order chi connectivity index (χ0) is 31.1. The summed E-state index contributed by atoms with van der Waals surface area (Å²) >= 11 is 1.80. The van der Waals surface area contributed by atoms with E-state index in [1.807, 2.05) is 12.1 Å². The van der Waals surface area contributed by atoms with Crippen LogP contribution in [0, 0.1) is 0 Å². The molecule has 0 fully saturated rings. The maximum Gasteiger partial charge on any atom is 0.344 e. The van der Waals surface area contributed by atoms with Crippen molar-refractivity contribution in [1.29, 1.82) is 0 Å². The fraction of sp³-hybridized carbons (Fsp3) is 0. The van der Waals surface area contributed by atoms with Gasteiger partial charge in [-0.05, 0) is 82.2 Å². The van der Waals surface area contributed by atoms with Gasteiger partial charge in [0.2, 0.25) is 0 Å². The Morgan fingerprint density at radius 2 is 1.11 bits per heavy atom. The summed E-state index contributed by atoms with van der Waals surface area (Å²) in [5, 5.41) is 7.37. The number of hydrogen-bond acceptors (Lipinski definition) is 3. The molecule has 220 valence electrons. The van der Waals surface area contributed by atoms with Gasteiger partial charge in [-0.25, -0.2) is 4.79 Å². The van der Waals surface area contributed by atoms with Crippen LogP contribution in [0.5, 0.6) is 0 Å². The number of hydrogen-bond donors (Lipinski definition) is 0. The van der Waals surface area contributed by atoms with Gasteiger partial charge in [-0.1, -0.05) is 97.1 Å². The average molecular weight is 620 g/mol. The van der Waals surface area contributed by atoms with Gasteiger partial charge in [0, 0.05) is 42.0 Å². The molecule has 3 aromatic heterocycles. The van der Waals surface area contributed by atoms with Gasteiger partial charge in [-0.2, -0.15) is 0 Å². The van der Waals surface area contributed by atoms with E-state index in [9.17, 15) is 4.79 Å². The zero-order valence-corrected chi connectivity index (χ0v) is 25.9. The van der Waals surface area contributed by atoms with E-state index in [1.165, 1.54) is 42.0 Å². The quantitative estimate of drug-likeness (QED) is 0.146. The van der Waals surface area contributed by atoms with Gasteiger partial charge in [-0.3, -0.25) is 0 Å². The monoisotopic (exact) mass is 619 g/mol. The van der Waals surface area contributed by atoms with Gasteiger partial charge in [0.05, 0.1) is 16.4 Å². The van der Waals surface area contributed by atoms with Gasteiger partial charge in [0.1, 0.15) is 5.58 Å². The van der Waals surface area contributed by atoms with Gasteiger partial charge < -0.3 is 8.98 Å².